The maximum absolute atomic E-state index is 12.8. The smallest absolute Gasteiger partial charge is 0.256 e. The third-order valence-corrected chi connectivity index (χ3v) is 7.07. The fourth-order valence-corrected chi connectivity index (χ4v) is 6.49. The number of carbonyl (C=O) groups excluding carboxylic acids is 1. The summed E-state index contributed by atoms with van der Waals surface area (Å²) in [5.74, 6) is 1.41. The number of halogens is 2. The highest BCUT2D eigenvalue weighted by Gasteiger charge is 2.34. The molecule has 1 amide bonds. The van der Waals surface area contributed by atoms with Crippen molar-refractivity contribution in [3.63, 3.8) is 0 Å². The molecule has 2 atom stereocenters. The van der Waals surface area contributed by atoms with Gasteiger partial charge in [-0.3, -0.25) is 4.79 Å². The molecule has 4 nitrogen and oxygen atoms in total. The Labute approximate surface area is 167 Å². The van der Waals surface area contributed by atoms with E-state index in [1.807, 2.05) is 12.1 Å². The van der Waals surface area contributed by atoms with Gasteiger partial charge in [-0.2, -0.15) is 0 Å². The number of fused-ring (bicyclic) bond motifs is 3. The maximum atomic E-state index is 12.8. The fourth-order valence-electron chi connectivity index (χ4n) is 3.63. The van der Waals surface area contributed by atoms with Crippen molar-refractivity contribution < 1.29 is 9.53 Å². The lowest BCUT2D eigenvalue weighted by atomic mass is 9.88. The summed E-state index contributed by atoms with van der Waals surface area (Å²) in [6, 6.07) is 3.91. The van der Waals surface area contributed by atoms with Crippen LogP contribution in [0.5, 0.6) is 5.75 Å². The van der Waals surface area contributed by atoms with Crippen molar-refractivity contribution in [3.8, 4) is 5.75 Å². The minimum atomic E-state index is -0.318. The van der Waals surface area contributed by atoms with Crippen molar-refractivity contribution >= 4 is 54.1 Å². The van der Waals surface area contributed by atoms with Crippen LogP contribution >= 0.6 is 43.2 Å². The van der Waals surface area contributed by atoms with E-state index in [-0.39, 0.29) is 12.1 Å². The summed E-state index contributed by atoms with van der Waals surface area (Å²) < 4.78 is 7.32. The molecule has 7 heteroatoms. The molecular formula is C18H18Br2N2O2S. The minimum Gasteiger partial charge on any atom is -0.495 e. The molecule has 2 unspecified atom stereocenters. The third kappa shape index (κ3) is 3.00. The van der Waals surface area contributed by atoms with Gasteiger partial charge >= 0.3 is 0 Å². The first kappa shape index (κ1) is 17.4. The van der Waals surface area contributed by atoms with Crippen molar-refractivity contribution in [1.82, 2.24) is 5.32 Å². The fraction of sp³-hybridized carbons (Fsp3) is 0.389. The summed E-state index contributed by atoms with van der Waals surface area (Å²) in [6.07, 6.45) is 2.90. The van der Waals surface area contributed by atoms with Crippen molar-refractivity contribution in [3.05, 3.63) is 42.6 Å². The van der Waals surface area contributed by atoms with Gasteiger partial charge in [0.15, 0.2) is 0 Å². The van der Waals surface area contributed by atoms with Gasteiger partial charge in [-0.05, 0) is 58.8 Å². The number of benzene rings is 1. The molecule has 1 aromatic carbocycles. The van der Waals surface area contributed by atoms with E-state index in [1.165, 1.54) is 10.4 Å². The summed E-state index contributed by atoms with van der Waals surface area (Å²) in [6.45, 7) is 2.28. The number of amides is 1. The van der Waals surface area contributed by atoms with Gasteiger partial charge in [0.1, 0.15) is 16.9 Å². The Morgan fingerprint density at radius 1 is 1.28 bits per heavy atom. The average Bonchev–Trinajstić information content (AvgIpc) is 2.91. The van der Waals surface area contributed by atoms with Crippen LogP contribution in [0, 0.1) is 5.92 Å². The Morgan fingerprint density at radius 2 is 2.08 bits per heavy atom. The van der Waals surface area contributed by atoms with E-state index in [0.29, 0.717) is 5.92 Å². The second-order valence-electron chi connectivity index (χ2n) is 6.62. The van der Waals surface area contributed by atoms with E-state index in [2.05, 4.69) is 49.4 Å². The molecule has 2 N–H and O–H groups in total. The number of methoxy groups -OCH3 is 1. The molecular weight excluding hydrogens is 468 g/mol. The molecule has 1 aliphatic heterocycles. The Hall–Kier alpha value is -1.05. The van der Waals surface area contributed by atoms with Gasteiger partial charge in [-0.15, -0.1) is 11.3 Å². The van der Waals surface area contributed by atoms with Crippen LogP contribution in [0.4, 0.5) is 5.00 Å². The minimum absolute atomic E-state index is 0.00366. The lowest BCUT2D eigenvalue weighted by Gasteiger charge is -2.28. The van der Waals surface area contributed by atoms with Gasteiger partial charge in [0, 0.05) is 14.9 Å². The first-order chi connectivity index (χ1) is 12.0. The molecule has 0 spiro atoms. The van der Waals surface area contributed by atoms with Gasteiger partial charge in [0.05, 0.1) is 17.1 Å². The molecule has 4 rings (SSSR count). The first-order valence-corrected chi connectivity index (χ1v) is 10.6. The summed E-state index contributed by atoms with van der Waals surface area (Å²) in [5.41, 5.74) is 2.97. The third-order valence-electron chi connectivity index (χ3n) is 4.84. The topological polar surface area (TPSA) is 50.4 Å². The van der Waals surface area contributed by atoms with Gasteiger partial charge in [-0.25, -0.2) is 0 Å². The highest BCUT2D eigenvalue weighted by atomic mass is 79.9. The van der Waals surface area contributed by atoms with E-state index in [0.717, 1.165) is 50.1 Å². The summed E-state index contributed by atoms with van der Waals surface area (Å²) in [5, 5.41) is 7.59. The molecule has 0 saturated carbocycles. The molecule has 0 fully saturated rings. The number of thiophene rings is 1. The number of nitrogens with one attached hydrogen (secondary N) is 2. The predicted molar refractivity (Wildman–Crippen MR) is 108 cm³/mol. The molecule has 2 aromatic rings. The number of rotatable bonds is 2. The molecule has 2 heterocycles. The number of anilines is 1. The van der Waals surface area contributed by atoms with E-state index >= 15 is 0 Å². The molecule has 1 aromatic heterocycles. The monoisotopic (exact) mass is 484 g/mol. The Kier molecular flexibility index (Phi) is 4.58. The molecule has 0 saturated heterocycles. The lowest BCUT2D eigenvalue weighted by Crippen LogP contribution is -2.38. The van der Waals surface area contributed by atoms with Crippen molar-refractivity contribution in [2.75, 3.05) is 12.4 Å². The Bertz CT molecular complexity index is 865. The van der Waals surface area contributed by atoms with Crippen LogP contribution < -0.4 is 15.4 Å². The molecule has 1 aliphatic carbocycles. The van der Waals surface area contributed by atoms with E-state index in [4.69, 9.17) is 4.74 Å². The number of carbonyl (C=O) groups is 1. The Morgan fingerprint density at radius 3 is 2.84 bits per heavy atom. The van der Waals surface area contributed by atoms with Crippen LogP contribution in [0.15, 0.2) is 21.1 Å². The van der Waals surface area contributed by atoms with Crippen molar-refractivity contribution in [1.29, 1.82) is 0 Å². The van der Waals surface area contributed by atoms with Crippen molar-refractivity contribution in [2.24, 2.45) is 5.92 Å². The highest BCUT2D eigenvalue weighted by molar-refractivity contribution is 9.11. The average molecular weight is 486 g/mol. The molecule has 25 heavy (non-hydrogen) atoms. The van der Waals surface area contributed by atoms with E-state index in [9.17, 15) is 4.79 Å². The molecule has 132 valence electrons. The summed E-state index contributed by atoms with van der Waals surface area (Å²) >= 11 is 8.78. The Balaban J connectivity index is 1.75. The molecule has 2 aliphatic rings. The quantitative estimate of drug-likeness (QED) is 0.609. The van der Waals surface area contributed by atoms with Crippen LogP contribution in [-0.2, 0) is 12.8 Å². The van der Waals surface area contributed by atoms with Gasteiger partial charge in [0.25, 0.3) is 5.91 Å². The first-order valence-electron chi connectivity index (χ1n) is 8.22. The molecule has 0 bridgehead atoms. The van der Waals surface area contributed by atoms with Crippen LogP contribution in [-0.4, -0.2) is 13.0 Å². The van der Waals surface area contributed by atoms with Crippen LogP contribution in [0.2, 0.25) is 0 Å². The van der Waals surface area contributed by atoms with Crippen LogP contribution in [0.1, 0.15) is 45.9 Å². The second-order valence-corrected chi connectivity index (χ2v) is 9.49. The van der Waals surface area contributed by atoms with Gasteiger partial charge in [-0.1, -0.05) is 22.9 Å². The van der Waals surface area contributed by atoms with E-state index in [1.54, 1.807) is 18.4 Å². The zero-order chi connectivity index (χ0) is 17.7. The zero-order valence-corrected chi connectivity index (χ0v) is 17.9. The molecule has 0 radical (unpaired) electrons. The summed E-state index contributed by atoms with van der Waals surface area (Å²) in [4.78, 5) is 14.2. The van der Waals surface area contributed by atoms with Gasteiger partial charge < -0.3 is 15.4 Å². The second kappa shape index (κ2) is 6.59. The van der Waals surface area contributed by atoms with Crippen molar-refractivity contribution in [2.45, 2.75) is 32.4 Å². The zero-order valence-electron chi connectivity index (χ0n) is 13.9. The highest BCUT2D eigenvalue weighted by Crippen LogP contribution is 2.44. The predicted octanol–water partition coefficient (Wildman–Crippen LogP) is 5.26. The number of hydrogen-bond acceptors (Lipinski definition) is 4. The maximum Gasteiger partial charge on any atom is 0.256 e. The normalized spacial score (nSPS) is 21.8. The van der Waals surface area contributed by atoms with Gasteiger partial charge in [0.2, 0.25) is 0 Å². The number of hydrogen-bond donors (Lipinski definition) is 2. The van der Waals surface area contributed by atoms with Crippen LogP contribution in [0.3, 0.4) is 0 Å². The van der Waals surface area contributed by atoms with E-state index < -0.39 is 0 Å². The SMILES string of the molecule is COc1c(Br)cc(Br)cc1C1NC(=O)c2c(sc3c2CCC(C)C3)N1. The number of ether oxygens (including phenoxy) is 1. The standard InChI is InChI=1S/C18H18Br2N2O2S/c1-8-3-4-10-13(5-8)25-18-14(10)17(23)21-16(22-18)11-6-9(19)7-12(20)15(11)24-2/h6-8,16,22H,3-5H2,1-2H3,(H,21,23). The lowest BCUT2D eigenvalue weighted by molar-refractivity contribution is 0.0934. The summed E-state index contributed by atoms with van der Waals surface area (Å²) in [7, 11) is 1.64. The van der Waals surface area contributed by atoms with Crippen LogP contribution in [0.25, 0.3) is 0 Å². The largest absolute Gasteiger partial charge is 0.495 e.